The maximum atomic E-state index is 11.3. The molecule has 1 heterocycles. The van der Waals surface area contributed by atoms with Gasteiger partial charge >= 0.3 is 0 Å². The standard InChI is InChI=1S/C12H21IN2O/c1-10(11(2)16)15-7-5-14(6-8-15)9-12(13)3-4-12/h10H,3-9H2,1-2H3. The van der Waals surface area contributed by atoms with Crippen molar-refractivity contribution in [2.75, 3.05) is 32.7 Å². The van der Waals surface area contributed by atoms with Crippen molar-refractivity contribution < 1.29 is 4.79 Å². The summed E-state index contributed by atoms with van der Waals surface area (Å²) in [5.41, 5.74) is 0. The third kappa shape index (κ3) is 3.17. The molecule has 2 rings (SSSR count). The summed E-state index contributed by atoms with van der Waals surface area (Å²) in [4.78, 5) is 16.2. The van der Waals surface area contributed by atoms with Crippen LogP contribution in [0.1, 0.15) is 26.7 Å². The zero-order valence-electron chi connectivity index (χ0n) is 10.2. The van der Waals surface area contributed by atoms with E-state index in [9.17, 15) is 4.79 Å². The van der Waals surface area contributed by atoms with Crippen LogP contribution >= 0.6 is 22.6 Å². The average molecular weight is 336 g/mol. The highest BCUT2D eigenvalue weighted by molar-refractivity contribution is 14.1. The third-order valence-electron chi connectivity index (χ3n) is 3.84. The molecule has 4 heteroatoms. The lowest BCUT2D eigenvalue weighted by Crippen LogP contribution is -2.52. The van der Waals surface area contributed by atoms with Crippen LogP contribution in [-0.2, 0) is 4.79 Å². The molecule has 1 atom stereocenters. The second kappa shape index (κ2) is 4.90. The molecule has 3 nitrogen and oxygen atoms in total. The maximum Gasteiger partial charge on any atom is 0.146 e. The van der Waals surface area contributed by atoms with Gasteiger partial charge in [-0.15, -0.1) is 0 Å². The number of ketones is 1. The van der Waals surface area contributed by atoms with Crippen LogP contribution < -0.4 is 0 Å². The van der Waals surface area contributed by atoms with Crippen molar-refractivity contribution in [1.29, 1.82) is 0 Å². The van der Waals surface area contributed by atoms with Gasteiger partial charge in [-0.25, -0.2) is 0 Å². The molecule has 1 saturated carbocycles. The van der Waals surface area contributed by atoms with Crippen molar-refractivity contribution in [3.8, 4) is 0 Å². The van der Waals surface area contributed by atoms with Crippen LogP contribution in [0.4, 0.5) is 0 Å². The van der Waals surface area contributed by atoms with Crippen molar-refractivity contribution in [3.63, 3.8) is 0 Å². The van der Waals surface area contributed by atoms with Gasteiger partial charge in [-0.3, -0.25) is 14.6 Å². The fourth-order valence-electron chi connectivity index (χ4n) is 2.26. The van der Waals surface area contributed by atoms with Crippen LogP contribution in [0.2, 0.25) is 0 Å². The van der Waals surface area contributed by atoms with E-state index >= 15 is 0 Å². The van der Waals surface area contributed by atoms with Crippen molar-refractivity contribution in [2.24, 2.45) is 0 Å². The number of nitrogens with zero attached hydrogens (tertiary/aromatic N) is 2. The molecule has 0 aromatic heterocycles. The van der Waals surface area contributed by atoms with Crippen molar-refractivity contribution >= 4 is 28.4 Å². The molecule has 0 radical (unpaired) electrons. The molecule has 0 N–H and O–H groups in total. The van der Waals surface area contributed by atoms with Crippen LogP contribution in [0.25, 0.3) is 0 Å². The zero-order chi connectivity index (χ0) is 11.8. The number of halogens is 1. The van der Waals surface area contributed by atoms with Gasteiger partial charge in [0, 0.05) is 36.1 Å². The predicted molar refractivity (Wildman–Crippen MR) is 74.1 cm³/mol. The van der Waals surface area contributed by atoms with Crippen LogP contribution in [0.5, 0.6) is 0 Å². The molecule has 1 aliphatic carbocycles. The molecular weight excluding hydrogens is 315 g/mol. The lowest BCUT2D eigenvalue weighted by Gasteiger charge is -2.38. The van der Waals surface area contributed by atoms with E-state index in [0.29, 0.717) is 9.20 Å². The van der Waals surface area contributed by atoms with E-state index in [4.69, 9.17) is 0 Å². The lowest BCUT2D eigenvalue weighted by atomic mass is 10.1. The largest absolute Gasteiger partial charge is 0.299 e. The Bertz CT molecular complexity index is 270. The number of hydrogen-bond donors (Lipinski definition) is 0. The van der Waals surface area contributed by atoms with E-state index in [1.165, 1.54) is 19.4 Å². The third-order valence-corrected chi connectivity index (χ3v) is 5.26. The van der Waals surface area contributed by atoms with Gasteiger partial charge in [0.25, 0.3) is 0 Å². The Balaban J connectivity index is 1.76. The van der Waals surface area contributed by atoms with Gasteiger partial charge in [0.15, 0.2) is 0 Å². The summed E-state index contributed by atoms with van der Waals surface area (Å²) in [6.45, 7) is 9.32. The first-order chi connectivity index (χ1) is 7.50. The number of carbonyl (C=O) groups is 1. The first-order valence-corrected chi connectivity index (χ1v) is 7.24. The van der Waals surface area contributed by atoms with E-state index in [2.05, 4.69) is 32.4 Å². The summed E-state index contributed by atoms with van der Waals surface area (Å²) in [7, 11) is 0. The Hall–Kier alpha value is 0.320. The topological polar surface area (TPSA) is 23.6 Å². The molecule has 0 bridgehead atoms. The normalized spacial score (nSPS) is 27.7. The molecule has 1 saturated heterocycles. The van der Waals surface area contributed by atoms with Gasteiger partial charge < -0.3 is 0 Å². The molecule has 2 fully saturated rings. The molecular formula is C12H21IN2O. The average Bonchev–Trinajstić information content (AvgIpc) is 2.96. The number of carbonyl (C=O) groups excluding carboxylic acids is 1. The van der Waals surface area contributed by atoms with E-state index in [1.807, 2.05) is 6.92 Å². The number of rotatable bonds is 4. The molecule has 16 heavy (non-hydrogen) atoms. The maximum absolute atomic E-state index is 11.3. The summed E-state index contributed by atoms with van der Waals surface area (Å²) in [5, 5.41) is 0. The highest BCUT2D eigenvalue weighted by atomic mass is 127. The van der Waals surface area contributed by atoms with E-state index in [-0.39, 0.29) is 6.04 Å². The van der Waals surface area contributed by atoms with Crippen molar-refractivity contribution in [1.82, 2.24) is 9.80 Å². The highest BCUT2D eigenvalue weighted by Crippen LogP contribution is 2.45. The first-order valence-electron chi connectivity index (χ1n) is 6.16. The predicted octanol–water partition coefficient (Wildman–Crippen LogP) is 1.55. The van der Waals surface area contributed by atoms with Gasteiger partial charge in [0.2, 0.25) is 0 Å². The fraction of sp³-hybridized carbons (Fsp3) is 0.917. The molecule has 0 spiro atoms. The van der Waals surface area contributed by atoms with Crippen LogP contribution in [0.15, 0.2) is 0 Å². The second-order valence-electron chi connectivity index (χ2n) is 5.25. The molecule has 0 amide bonds. The van der Waals surface area contributed by atoms with Gasteiger partial charge in [-0.05, 0) is 26.7 Å². The number of Topliss-reactive ketones (excluding diaryl/α,β-unsaturated/α-hetero) is 1. The first kappa shape index (κ1) is 12.8. The summed E-state index contributed by atoms with van der Waals surface area (Å²) >= 11 is 2.61. The minimum atomic E-state index is 0.108. The summed E-state index contributed by atoms with van der Waals surface area (Å²) in [5.74, 6) is 0.293. The molecule has 1 unspecified atom stereocenters. The molecule has 92 valence electrons. The summed E-state index contributed by atoms with van der Waals surface area (Å²) in [6.07, 6.45) is 2.77. The number of hydrogen-bond acceptors (Lipinski definition) is 3. The van der Waals surface area contributed by atoms with Gasteiger partial charge in [-0.2, -0.15) is 0 Å². The van der Waals surface area contributed by atoms with Gasteiger partial charge in [0.05, 0.1) is 6.04 Å². The monoisotopic (exact) mass is 336 g/mol. The van der Waals surface area contributed by atoms with Gasteiger partial charge in [0.1, 0.15) is 5.78 Å². The zero-order valence-corrected chi connectivity index (χ0v) is 12.4. The molecule has 1 aliphatic heterocycles. The van der Waals surface area contributed by atoms with Crippen molar-refractivity contribution in [3.05, 3.63) is 0 Å². The van der Waals surface area contributed by atoms with E-state index in [0.717, 1.165) is 26.2 Å². The summed E-state index contributed by atoms with van der Waals surface area (Å²) < 4.78 is 0.589. The second-order valence-corrected chi connectivity index (χ2v) is 7.54. The molecule has 0 aromatic rings. The minimum Gasteiger partial charge on any atom is -0.299 e. The Labute approximate surface area is 112 Å². The Kier molecular flexibility index (Phi) is 3.91. The highest BCUT2D eigenvalue weighted by Gasteiger charge is 2.41. The Morgan fingerprint density at radius 1 is 1.31 bits per heavy atom. The Morgan fingerprint density at radius 3 is 2.31 bits per heavy atom. The van der Waals surface area contributed by atoms with E-state index < -0.39 is 0 Å². The summed E-state index contributed by atoms with van der Waals surface area (Å²) in [6, 6.07) is 0.108. The lowest BCUT2D eigenvalue weighted by molar-refractivity contribution is -0.122. The number of alkyl halides is 1. The fourth-order valence-corrected chi connectivity index (χ4v) is 3.01. The minimum absolute atomic E-state index is 0.108. The molecule has 0 aromatic carbocycles. The van der Waals surface area contributed by atoms with Crippen LogP contribution in [0, 0.1) is 0 Å². The van der Waals surface area contributed by atoms with Crippen LogP contribution in [0.3, 0.4) is 0 Å². The smallest absolute Gasteiger partial charge is 0.146 e. The molecule has 2 aliphatic rings. The van der Waals surface area contributed by atoms with E-state index in [1.54, 1.807) is 6.92 Å². The quantitative estimate of drug-likeness (QED) is 0.575. The number of piperazine rings is 1. The van der Waals surface area contributed by atoms with Crippen LogP contribution in [-0.4, -0.2) is 57.8 Å². The van der Waals surface area contributed by atoms with Gasteiger partial charge in [-0.1, -0.05) is 22.6 Å². The SMILES string of the molecule is CC(=O)C(C)N1CCN(CC2(I)CC2)CC1. The van der Waals surface area contributed by atoms with Crippen molar-refractivity contribution in [2.45, 2.75) is 36.2 Å². The Morgan fingerprint density at radius 2 is 1.88 bits per heavy atom.